The number of nitrogens with two attached hydrogens (primary N) is 1. The maximum atomic E-state index is 6.24. The minimum atomic E-state index is 0.478. The van der Waals surface area contributed by atoms with Crippen LogP contribution in [0.4, 0.5) is 5.82 Å². The number of rotatable bonds is 3. The zero-order valence-corrected chi connectivity index (χ0v) is 16.8. The number of thiazole rings is 1. The van der Waals surface area contributed by atoms with Gasteiger partial charge >= 0.3 is 0 Å². The smallest absolute Gasteiger partial charge is 0.133 e. The van der Waals surface area contributed by atoms with Crippen LogP contribution in [0.2, 0.25) is 0 Å². The molecule has 6 nitrogen and oxygen atoms in total. The molecule has 2 aliphatic rings. The third kappa shape index (κ3) is 3.44. The minimum Gasteiger partial charge on any atom is -0.383 e. The molecule has 1 aliphatic carbocycles. The van der Waals surface area contributed by atoms with E-state index in [0.29, 0.717) is 11.9 Å². The Labute approximate surface area is 169 Å². The Morgan fingerprint density at radius 1 is 1.07 bits per heavy atom. The summed E-state index contributed by atoms with van der Waals surface area (Å²) in [6, 6.07) is 2.61. The Kier molecular flexibility index (Phi) is 4.86. The van der Waals surface area contributed by atoms with Crippen molar-refractivity contribution in [2.75, 3.05) is 18.8 Å². The van der Waals surface area contributed by atoms with Crippen LogP contribution in [0.15, 0.2) is 24.7 Å². The van der Waals surface area contributed by atoms with Gasteiger partial charge in [-0.2, -0.15) is 5.10 Å². The fourth-order valence-corrected chi connectivity index (χ4v) is 5.38. The zero-order chi connectivity index (χ0) is 18.9. The predicted octanol–water partition coefficient (Wildman–Crippen LogP) is 3.84. The molecule has 28 heavy (non-hydrogen) atoms. The topological polar surface area (TPSA) is 81.6 Å². The van der Waals surface area contributed by atoms with Crippen molar-refractivity contribution in [1.82, 2.24) is 25.1 Å². The number of nitrogen functional groups attached to an aromatic ring is 1. The lowest BCUT2D eigenvalue weighted by Crippen LogP contribution is -2.29. The van der Waals surface area contributed by atoms with Crippen LogP contribution in [0, 0.1) is 0 Å². The number of aryl methyl sites for hydroxylation is 2. The van der Waals surface area contributed by atoms with E-state index in [4.69, 9.17) is 10.7 Å². The number of hydrogen-bond acceptors (Lipinski definition) is 6. The molecular weight excluding hydrogens is 368 g/mol. The molecule has 3 aromatic rings. The monoisotopic (exact) mass is 394 g/mol. The highest BCUT2D eigenvalue weighted by Crippen LogP contribution is 2.36. The highest BCUT2D eigenvalue weighted by Gasteiger charge is 2.19. The van der Waals surface area contributed by atoms with Crippen molar-refractivity contribution in [3.05, 3.63) is 35.2 Å². The van der Waals surface area contributed by atoms with Crippen LogP contribution in [0.25, 0.3) is 21.7 Å². The number of aromatic nitrogens is 4. The number of nitrogens with one attached hydrogen (secondary N) is 1. The van der Waals surface area contributed by atoms with Gasteiger partial charge in [-0.05, 0) is 57.7 Å². The van der Waals surface area contributed by atoms with Crippen LogP contribution in [0.5, 0.6) is 0 Å². The van der Waals surface area contributed by atoms with E-state index in [1.165, 1.54) is 29.8 Å². The summed E-state index contributed by atoms with van der Waals surface area (Å²) < 4.78 is 2.11. The maximum absolute atomic E-state index is 6.24. The Hall–Kier alpha value is -2.25. The molecule has 0 bridgehead atoms. The first-order valence-corrected chi connectivity index (χ1v) is 11.1. The molecule has 7 heteroatoms. The molecule has 146 valence electrons. The summed E-state index contributed by atoms with van der Waals surface area (Å²) in [6.45, 7) is 2.12. The third-order valence-electron chi connectivity index (χ3n) is 5.86. The molecule has 3 aromatic heterocycles. The lowest BCUT2D eigenvalue weighted by atomic mass is 10.1. The number of fused-ring (bicyclic) bond motifs is 1. The van der Waals surface area contributed by atoms with Gasteiger partial charge in [0.2, 0.25) is 0 Å². The third-order valence-corrected chi connectivity index (χ3v) is 7.05. The van der Waals surface area contributed by atoms with E-state index in [1.807, 2.05) is 12.4 Å². The first kappa shape index (κ1) is 17.8. The van der Waals surface area contributed by atoms with Crippen LogP contribution in [-0.4, -0.2) is 32.8 Å². The summed E-state index contributed by atoms with van der Waals surface area (Å²) in [7, 11) is 0. The van der Waals surface area contributed by atoms with Crippen molar-refractivity contribution in [3.8, 4) is 21.7 Å². The van der Waals surface area contributed by atoms with Crippen LogP contribution in [0.3, 0.4) is 0 Å². The molecule has 0 spiro atoms. The van der Waals surface area contributed by atoms with E-state index < -0.39 is 0 Å². The predicted molar refractivity (Wildman–Crippen MR) is 113 cm³/mol. The first-order valence-electron chi connectivity index (χ1n) is 10.3. The van der Waals surface area contributed by atoms with Gasteiger partial charge in [0.15, 0.2) is 0 Å². The SMILES string of the molecule is Nc1ncc(-c2cnn(C3CCNCC3)c2)cc1-c1nc2c(s1)CCCCC2. The molecule has 0 radical (unpaired) electrons. The lowest BCUT2D eigenvalue weighted by molar-refractivity contribution is 0.343. The van der Waals surface area contributed by atoms with Gasteiger partial charge in [-0.1, -0.05) is 6.42 Å². The normalized spacial score (nSPS) is 18.0. The van der Waals surface area contributed by atoms with Crippen molar-refractivity contribution in [2.24, 2.45) is 0 Å². The molecule has 3 N–H and O–H groups in total. The molecule has 0 unspecified atom stereocenters. The largest absolute Gasteiger partial charge is 0.383 e. The molecular formula is C21H26N6S. The fourth-order valence-electron chi connectivity index (χ4n) is 4.21. The van der Waals surface area contributed by atoms with E-state index in [1.54, 1.807) is 11.3 Å². The molecule has 0 aromatic carbocycles. The Morgan fingerprint density at radius 2 is 1.93 bits per heavy atom. The van der Waals surface area contributed by atoms with Crippen molar-refractivity contribution in [3.63, 3.8) is 0 Å². The van der Waals surface area contributed by atoms with E-state index in [-0.39, 0.29) is 0 Å². The molecule has 0 saturated carbocycles. The van der Waals surface area contributed by atoms with Crippen molar-refractivity contribution < 1.29 is 0 Å². The lowest BCUT2D eigenvalue weighted by Gasteiger charge is -2.22. The van der Waals surface area contributed by atoms with Crippen molar-refractivity contribution in [2.45, 2.75) is 51.0 Å². The molecule has 1 aliphatic heterocycles. The fraction of sp³-hybridized carbons (Fsp3) is 0.476. The van der Waals surface area contributed by atoms with Crippen molar-refractivity contribution in [1.29, 1.82) is 0 Å². The highest BCUT2D eigenvalue weighted by molar-refractivity contribution is 7.15. The first-order chi connectivity index (χ1) is 13.8. The maximum Gasteiger partial charge on any atom is 0.133 e. The van der Waals surface area contributed by atoms with Gasteiger partial charge in [0, 0.05) is 28.4 Å². The van der Waals surface area contributed by atoms with Crippen LogP contribution < -0.4 is 11.1 Å². The van der Waals surface area contributed by atoms with Gasteiger partial charge < -0.3 is 11.1 Å². The van der Waals surface area contributed by atoms with Gasteiger partial charge in [0.05, 0.1) is 23.5 Å². The summed E-state index contributed by atoms with van der Waals surface area (Å²) >= 11 is 1.79. The molecule has 1 fully saturated rings. The average molecular weight is 395 g/mol. The van der Waals surface area contributed by atoms with E-state index in [0.717, 1.165) is 60.5 Å². The van der Waals surface area contributed by atoms with Gasteiger partial charge in [0.25, 0.3) is 0 Å². The molecule has 1 saturated heterocycles. The Bertz CT molecular complexity index is 946. The van der Waals surface area contributed by atoms with Crippen LogP contribution in [-0.2, 0) is 12.8 Å². The highest BCUT2D eigenvalue weighted by atomic mass is 32.1. The Morgan fingerprint density at radius 3 is 2.82 bits per heavy atom. The minimum absolute atomic E-state index is 0.478. The van der Waals surface area contributed by atoms with Gasteiger partial charge in [0.1, 0.15) is 10.8 Å². The van der Waals surface area contributed by atoms with Crippen LogP contribution >= 0.6 is 11.3 Å². The molecule has 0 atom stereocenters. The number of piperidine rings is 1. The molecule has 5 rings (SSSR count). The number of hydrogen-bond donors (Lipinski definition) is 2. The summed E-state index contributed by atoms with van der Waals surface area (Å²) in [4.78, 5) is 10.8. The second-order valence-electron chi connectivity index (χ2n) is 7.80. The van der Waals surface area contributed by atoms with E-state index in [9.17, 15) is 0 Å². The second-order valence-corrected chi connectivity index (χ2v) is 8.88. The number of anilines is 1. The summed E-state index contributed by atoms with van der Waals surface area (Å²) in [5.74, 6) is 0.554. The van der Waals surface area contributed by atoms with Crippen molar-refractivity contribution >= 4 is 17.2 Å². The summed E-state index contributed by atoms with van der Waals surface area (Å²) in [6.07, 6.45) is 14.2. The van der Waals surface area contributed by atoms with Gasteiger partial charge in [-0.15, -0.1) is 11.3 Å². The zero-order valence-electron chi connectivity index (χ0n) is 16.0. The molecule has 0 amide bonds. The van der Waals surface area contributed by atoms with Gasteiger partial charge in [-0.3, -0.25) is 4.68 Å². The average Bonchev–Trinajstić information content (AvgIpc) is 3.32. The quantitative estimate of drug-likeness (QED) is 0.660. The van der Waals surface area contributed by atoms with E-state index in [2.05, 4.69) is 32.3 Å². The van der Waals surface area contributed by atoms with Crippen LogP contribution in [0.1, 0.15) is 48.7 Å². The number of pyridine rings is 1. The van der Waals surface area contributed by atoms with E-state index >= 15 is 0 Å². The standard InChI is InChI=1S/C21H26N6S/c22-20-17(21-26-18-4-2-1-3-5-19(18)28-21)10-14(11-24-20)15-12-25-27(13-15)16-6-8-23-9-7-16/h10-13,16,23H,1-9H2,(H2,22,24). The number of nitrogens with zero attached hydrogens (tertiary/aromatic N) is 4. The second kappa shape index (κ2) is 7.64. The Balaban J connectivity index is 1.46. The summed E-state index contributed by atoms with van der Waals surface area (Å²) in [5.41, 5.74) is 10.6. The molecule has 4 heterocycles. The van der Waals surface area contributed by atoms with Gasteiger partial charge in [-0.25, -0.2) is 9.97 Å². The summed E-state index contributed by atoms with van der Waals surface area (Å²) in [5, 5.41) is 9.03.